The molecule has 0 saturated heterocycles. The highest BCUT2D eigenvalue weighted by atomic mass is 127. The van der Waals surface area contributed by atoms with Crippen molar-refractivity contribution in [2.75, 3.05) is 0 Å². The van der Waals surface area contributed by atoms with Crippen LogP contribution in [0.4, 0.5) is 0 Å². The molecule has 0 saturated carbocycles. The summed E-state index contributed by atoms with van der Waals surface area (Å²) in [6.45, 7) is 2.29. The van der Waals surface area contributed by atoms with Crippen LogP contribution in [0.2, 0.25) is 0 Å². The van der Waals surface area contributed by atoms with Crippen molar-refractivity contribution in [2.24, 2.45) is 0 Å². The van der Waals surface area contributed by atoms with Crippen molar-refractivity contribution in [1.82, 2.24) is 9.55 Å². The van der Waals surface area contributed by atoms with E-state index in [1.807, 2.05) is 12.5 Å². The predicted molar refractivity (Wildman–Crippen MR) is 106 cm³/mol. The Morgan fingerprint density at radius 3 is 1.77 bits per heavy atom. The first-order valence-electron chi connectivity index (χ1n) is 9.46. The van der Waals surface area contributed by atoms with Gasteiger partial charge in [-0.05, 0) is 6.42 Å². The molecule has 3 heteroatoms. The summed E-state index contributed by atoms with van der Waals surface area (Å²) < 4.78 is 2.79. The lowest BCUT2D eigenvalue weighted by molar-refractivity contribution is 0.525. The molecule has 1 atom stereocenters. The van der Waals surface area contributed by atoms with Crippen LogP contribution >= 0.6 is 22.6 Å². The normalized spacial score (nSPS) is 12.6. The number of hydrogen-bond donors (Lipinski definition) is 0. The number of halogens is 1. The van der Waals surface area contributed by atoms with E-state index in [1.54, 1.807) is 0 Å². The van der Waals surface area contributed by atoms with Crippen molar-refractivity contribution in [2.45, 2.75) is 101 Å². The summed E-state index contributed by atoms with van der Waals surface area (Å²) in [7, 11) is 0. The molecule has 1 unspecified atom stereocenters. The van der Waals surface area contributed by atoms with Gasteiger partial charge >= 0.3 is 0 Å². The van der Waals surface area contributed by atoms with E-state index in [4.69, 9.17) is 0 Å². The third kappa shape index (κ3) is 10.6. The highest BCUT2D eigenvalue weighted by Crippen LogP contribution is 2.23. The van der Waals surface area contributed by atoms with Gasteiger partial charge in [-0.2, -0.15) is 0 Å². The van der Waals surface area contributed by atoms with Crippen molar-refractivity contribution in [3.63, 3.8) is 0 Å². The number of nitrogens with zero attached hydrogens (tertiary/aromatic N) is 2. The summed E-state index contributed by atoms with van der Waals surface area (Å²) in [5.74, 6) is 0. The van der Waals surface area contributed by atoms with Gasteiger partial charge in [0, 0.05) is 12.4 Å². The van der Waals surface area contributed by atoms with Crippen LogP contribution in [-0.2, 0) is 0 Å². The van der Waals surface area contributed by atoms with Crippen LogP contribution in [0.3, 0.4) is 0 Å². The lowest BCUT2D eigenvalue weighted by Crippen LogP contribution is -1.98. The van der Waals surface area contributed by atoms with Crippen LogP contribution in [0.5, 0.6) is 0 Å². The highest BCUT2D eigenvalue weighted by Gasteiger charge is 2.04. The van der Waals surface area contributed by atoms with Crippen LogP contribution in [0, 0.1) is 0 Å². The topological polar surface area (TPSA) is 17.8 Å². The van der Waals surface area contributed by atoms with Crippen LogP contribution in [-0.4, -0.2) is 9.55 Å². The summed E-state index contributed by atoms with van der Waals surface area (Å²) in [6, 6.07) is 0. The Kier molecular flexibility index (Phi) is 13.2. The summed E-state index contributed by atoms with van der Waals surface area (Å²) in [4.78, 5) is 4.12. The smallest absolute Gasteiger partial charge is 0.0955 e. The Morgan fingerprint density at radius 1 is 0.818 bits per heavy atom. The minimum Gasteiger partial charge on any atom is -0.325 e. The standard InChI is InChI=1S/C19H35IN2/c1-2-3-4-5-6-7-8-9-10-11-12-13-14-15-19(20)22-17-16-21-18-22/h16-19H,2-15H2,1H3. The zero-order valence-corrected chi connectivity index (χ0v) is 16.6. The molecule has 0 radical (unpaired) electrons. The lowest BCUT2D eigenvalue weighted by Gasteiger charge is -2.10. The number of imidazole rings is 1. The molecule has 0 fully saturated rings. The van der Waals surface area contributed by atoms with Gasteiger partial charge in [-0.25, -0.2) is 4.98 Å². The number of rotatable bonds is 15. The second-order valence-corrected chi connectivity index (χ2v) is 7.91. The highest BCUT2D eigenvalue weighted by molar-refractivity contribution is 14.1. The molecule has 0 bridgehead atoms. The number of unbranched alkanes of at least 4 members (excludes halogenated alkanes) is 12. The molecule has 1 aromatic rings. The fraction of sp³-hybridized carbons (Fsp3) is 0.842. The third-order valence-corrected chi connectivity index (χ3v) is 5.66. The average Bonchev–Trinajstić information content (AvgIpc) is 3.06. The molecule has 1 aromatic heterocycles. The summed E-state index contributed by atoms with van der Waals surface area (Å²) in [5.41, 5.74) is 0. The molecule has 0 spiro atoms. The molecular formula is C19H35IN2. The second kappa shape index (κ2) is 14.5. The van der Waals surface area contributed by atoms with Crippen molar-refractivity contribution in [3.8, 4) is 0 Å². The van der Waals surface area contributed by atoms with Gasteiger partial charge in [0.05, 0.1) is 10.4 Å². The minimum atomic E-state index is 0.577. The van der Waals surface area contributed by atoms with Crippen molar-refractivity contribution >= 4 is 22.6 Å². The van der Waals surface area contributed by atoms with E-state index >= 15 is 0 Å². The Balaban J connectivity index is 1.76. The first-order chi connectivity index (χ1) is 10.8. The monoisotopic (exact) mass is 418 g/mol. The Bertz CT molecular complexity index is 324. The van der Waals surface area contributed by atoms with Gasteiger partial charge in [-0.15, -0.1) is 0 Å². The molecule has 2 nitrogen and oxygen atoms in total. The molecule has 128 valence electrons. The molecule has 0 amide bonds. The van der Waals surface area contributed by atoms with Crippen LogP contribution in [0.1, 0.15) is 101 Å². The van der Waals surface area contributed by atoms with Gasteiger partial charge in [0.15, 0.2) is 0 Å². The fourth-order valence-electron chi connectivity index (χ4n) is 2.91. The molecular weight excluding hydrogens is 383 g/mol. The van der Waals surface area contributed by atoms with E-state index in [1.165, 1.54) is 89.9 Å². The van der Waals surface area contributed by atoms with E-state index in [9.17, 15) is 0 Å². The van der Waals surface area contributed by atoms with Gasteiger partial charge in [0.1, 0.15) is 0 Å². The SMILES string of the molecule is CCCCCCCCCCCCCCCC(I)n1ccnc1. The van der Waals surface area contributed by atoms with Crippen molar-refractivity contribution in [3.05, 3.63) is 18.7 Å². The van der Waals surface area contributed by atoms with E-state index < -0.39 is 0 Å². The molecule has 0 N–H and O–H groups in total. The van der Waals surface area contributed by atoms with E-state index in [2.05, 4.69) is 45.3 Å². The quantitative estimate of drug-likeness (QED) is 0.166. The van der Waals surface area contributed by atoms with E-state index in [-0.39, 0.29) is 0 Å². The molecule has 0 aromatic carbocycles. The molecule has 0 aliphatic carbocycles. The maximum Gasteiger partial charge on any atom is 0.0955 e. The molecule has 22 heavy (non-hydrogen) atoms. The largest absolute Gasteiger partial charge is 0.325 e. The Hall–Kier alpha value is -0.0600. The maximum atomic E-state index is 4.12. The van der Waals surface area contributed by atoms with E-state index in [0.29, 0.717) is 4.05 Å². The number of alkyl halides is 1. The number of aromatic nitrogens is 2. The maximum absolute atomic E-state index is 4.12. The average molecular weight is 418 g/mol. The van der Waals surface area contributed by atoms with Crippen molar-refractivity contribution in [1.29, 1.82) is 0 Å². The van der Waals surface area contributed by atoms with Gasteiger partial charge < -0.3 is 4.57 Å². The van der Waals surface area contributed by atoms with E-state index in [0.717, 1.165) is 0 Å². The van der Waals surface area contributed by atoms with Gasteiger partial charge in [0.25, 0.3) is 0 Å². The minimum absolute atomic E-state index is 0.577. The summed E-state index contributed by atoms with van der Waals surface area (Å²) in [6.07, 6.45) is 25.7. The second-order valence-electron chi connectivity index (χ2n) is 6.48. The van der Waals surface area contributed by atoms with Gasteiger partial charge in [-0.3, -0.25) is 0 Å². The third-order valence-electron chi connectivity index (χ3n) is 4.39. The molecule has 1 heterocycles. The zero-order valence-electron chi connectivity index (χ0n) is 14.5. The van der Waals surface area contributed by atoms with Crippen LogP contribution in [0.15, 0.2) is 18.7 Å². The molecule has 0 aliphatic heterocycles. The van der Waals surface area contributed by atoms with Gasteiger partial charge in [-0.1, -0.05) is 113 Å². The van der Waals surface area contributed by atoms with Crippen LogP contribution in [0.25, 0.3) is 0 Å². The summed E-state index contributed by atoms with van der Waals surface area (Å²) in [5, 5.41) is 0. The molecule has 0 aliphatic rings. The fourth-order valence-corrected chi connectivity index (χ4v) is 3.68. The first-order valence-corrected chi connectivity index (χ1v) is 10.7. The molecule has 1 rings (SSSR count). The predicted octanol–water partition coefficient (Wildman–Crippen LogP) is 7.30. The Labute approximate surface area is 151 Å². The van der Waals surface area contributed by atoms with Crippen molar-refractivity contribution < 1.29 is 0 Å². The summed E-state index contributed by atoms with van der Waals surface area (Å²) >= 11 is 2.52. The number of hydrogen-bond acceptors (Lipinski definition) is 1. The first kappa shape index (κ1) is 20.0. The van der Waals surface area contributed by atoms with Crippen LogP contribution < -0.4 is 0 Å². The zero-order chi connectivity index (χ0) is 15.9. The van der Waals surface area contributed by atoms with Gasteiger partial charge in [0.2, 0.25) is 0 Å². The Morgan fingerprint density at radius 2 is 1.32 bits per heavy atom. The lowest BCUT2D eigenvalue weighted by atomic mass is 10.0.